The Morgan fingerprint density at radius 2 is 1.55 bits per heavy atom. The van der Waals surface area contributed by atoms with Gasteiger partial charge in [-0.15, -0.1) is 0 Å². The first-order chi connectivity index (χ1) is 9.63. The van der Waals surface area contributed by atoms with Crippen LogP contribution in [0.25, 0.3) is 0 Å². The molecule has 20 heavy (non-hydrogen) atoms. The summed E-state index contributed by atoms with van der Waals surface area (Å²) in [7, 11) is 0. The highest BCUT2D eigenvalue weighted by Crippen LogP contribution is 2.30. The van der Waals surface area contributed by atoms with E-state index in [1.165, 1.54) is 16.7 Å². The van der Waals surface area contributed by atoms with Crippen LogP contribution in [0.15, 0.2) is 48.5 Å². The Kier molecular flexibility index (Phi) is 4.73. The Morgan fingerprint density at radius 3 is 2.10 bits per heavy atom. The maximum atomic E-state index is 12.4. The van der Waals surface area contributed by atoms with Crippen molar-refractivity contribution in [2.75, 3.05) is 0 Å². The standard InChI is InChI=1S/C19H22O/c1-4-16(19-14(2)9-8-10-15(19)3)13-18(20)17-11-6-5-7-12-17/h5-12,16H,4,13H2,1-3H3/t16-/m1/s1. The fourth-order valence-corrected chi connectivity index (χ4v) is 2.89. The molecule has 0 amide bonds. The molecule has 0 N–H and O–H groups in total. The quantitative estimate of drug-likeness (QED) is 0.690. The number of hydrogen-bond donors (Lipinski definition) is 0. The molecule has 0 bridgehead atoms. The maximum Gasteiger partial charge on any atom is 0.163 e. The normalized spacial score (nSPS) is 12.2. The van der Waals surface area contributed by atoms with Crippen molar-refractivity contribution in [2.24, 2.45) is 0 Å². The average molecular weight is 266 g/mol. The molecule has 0 unspecified atom stereocenters. The molecule has 2 rings (SSSR count). The first-order valence-corrected chi connectivity index (χ1v) is 7.27. The molecule has 0 radical (unpaired) electrons. The number of carbonyl (C=O) groups is 1. The van der Waals surface area contributed by atoms with Crippen molar-refractivity contribution in [3.63, 3.8) is 0 Å². The van der Waals surface area contributed by atoms with Gasteiger partial charge in [0.25, 0.3) is 0 Å². The maximum absolute atomic E-state index is 12.4. The summed E-state index contributed by atoms with van der Waals surface area (Å²) in [4.78, 5) is 12.4. The summed E-state index contributed by atoms with van der Waals surface area (Å²) in [5.74, 6) is 0.545. The zero-order valence-electron chi connectivity index (χ0n) is 12.5. The summed E-state index contributed by atoms with van der Waals surface area (Å²) in [6.45, 7) is 6.44. The highest BCUT2D eigenvalue weighted by molar-refractivity contribution is 5.96. The van der Waals surface area contributed by atoms with E-state index in [1.807, 2.05) is 30.3 Å². The fourth-order valence-electron chi connectivity index (χ4n) is 2.89. The van der Waals surface area contributed by atoms with Crippen molar-refractivity contribution in [3.05, 3.63) is 70.8 Å². The molecule has 2 aromatic carbocycles. The number of ketones is 1. The highest BCUT2D eigenvalue weighted by atomic mass is 16.1. The van der Waals surface area contributed by atoms with Crippen molar-refractivity contribution < 1.29 is 4.79 Å². The first-order valence-electron chi connectivity index (χ1n) is 7.27. The van der Waals surface area contributed by atoms with Gasteiger partial charge in [-0.1, -0.05) is 55.5 Å². The first kappa shape index (κ1) is 14.5. The van der Waals surface area contributed by atoms with Gasteiger partial charge in [-0.2, -0.15) is 0 Å². The van der Waals surface area contributed by atoms with Crippen LogP contribution in [0.5, 0.6) is 0 Å². The van der Waals surface area contributed by atoms with Crippen LogP contribution >= 0.6 is 0 Å². The summed E-state index contributed by atoms with van der Waals surface area (Å²) >= 11 is 0. The van der Waals surface area contributed by atoms with Crippen LogP contribution in [0.1, 0.15) is 52.7 Å². The summed E-state index contributed by atoms with van der Waals surface area (Å²) in [5, 5.41) is 0. The predicted molar refractivity (Wildman–Crippen MR) is 84.3 cm³/mol. The van der Waals surface area contributed by atoms with E-state index < -0.39 is 0 Å². The second-order valence-corrected chi connectivity index (χ2v) is 5.40. The lowest BCUT2D eigenvalue weighted by Gasteiger charge is -2.19. The largest absolute Gasteiger partial charge is 0.294 e. The Bertz CT molecular complexity index is 564. The SMILES string of the molecule is CC[C@H](CC(=O)c1ccccc1)c1c(C)cccc1C. The Labute approximate surface area is 121 Å². The van der Waals surface area contributed by atoms with E-state index in [1.54, 1.807) is 0 Å². The number of rotatable bonds is 5. The molecule has 2 aromatic rings. The summed E-state index contributed by atoms with van der Waals surface area (Å²) in [5.41, 5.74) is 4.74. The number of hydrogen-bond acceptors (Lipinski definition) is 1. The van der Waals surface area contributed by atoms with Gasteiger partial charge in [0.15, 0.2) is 5.78 Å². The Hall–Kier alpha value is -1.89. The summed E-state index contributed by atoms with van der Waals surface area (Å²) in [6, 6.07) is 16.0. The molecule has 0 aliphatic heterocycles. The molecule has 1 nitrogen and oxygen atoms in total. The number of benzene rings is 2. The van der Waals surface area contributed by atoms with Gasteiger partial charge in [0.05, 0.1) is 0 Å². The molecule has 0 aromatic heterocycles. The van der Waals surface area contributed by atoms with E-state index >= 15 is 0 Å². The van der Waals surface area contributed by atoms with E-state index in [-0.39, 0.29) is 5.78 Å². The number of carbonyl (C=O) groups excluding carboxylic acids is 1. The zero-order chi connectivity index (χ0) is 14.5. The smallest absolute Gasteiger partial charge is 0.163 e. The van der Waals surface area contributed by atoms with Gasteiger partial charge < -0.3 is 0 Å². The van der Waals surface area contributed by atoms with Gasteiger partial charge in [0, 0.05) is 12.0 Å². The third kappa shape index (κ3) is 3.16. The second kappa shape index (κ2) is 6.51. The van der Waals surface area contributed by atoms with E-state index in [4.69, 9.17) is 0 Å². The molecular formula is C19H22O. The van der Waals surface area contributed by atoms with E-state index in [9.17, 15) is 4.79 Å². The van der Waals surface area contributed by atoms with Gasteiger partial charge in [-0.25, -0.2) is 0 Å². The molecule has 0 heterocycles. The van der Waals surface area contributed by atoms with Gasteiger partial charge in [0.2, 0.25) is 0 Å². The average Bonchev–Trinajstić information content (AvgIpc) is 2.46. The van der Waals surface area contributed by atoms with Crippen LogP contribution in [0, 0.1) is 13.8 Å². The number of Topliss-reactive ketones (excluding diaryl/α,β-unsaturated/α-hetero) is 1. The van der Waals surface area contributed by atoms with Crippen LogP contribution < -0.4 is 0 Å². The Morgan fingerprint density at radius 1 is 0.950 bits per heavy atom. The van der Waals surface area contributed by atoms with Crippen LogP contribution in [-0.4, -0.2) is 5.78 Å². The van der Waals surface area contributed by atoms with Gasteiger partial charge >= 0.3 is 0 Å². The molecule has 0 fully saturated rings. The molecule has 0 spiro atoms. The number of aryl methyl sites for hydroxylation is 2. The van der Waals surface area contributed by atoms with Crippen LogP contribution in [0.2, 0.25) is 0 Å². The minimum absolute atomic E-state index is 0.236. The van der Waals surface area contributed by atoms with Crippen LogP contribution in [0.4, 0.5) is 0 Å². The van der Waals surface area contributed by atoms with Crippen molar-refractivity contribution >= 4 is 5.78 Å². The third-order valence-corrected chi connectivity index (χ3v) is 3.97. The lowest BCUT2D eigenvalue weighted by Crippen LogP contribution is -2.09. The minimum Gasteiger partial charge on any atom is -0.294 e. The third-order valence-electron chi connectivity index (χ3n) is 3.97. The minimum atomic E-state index is 0.236. The monoisotopic (exact) mass is 266 g/mol. The fraction of sp³-hybridized carbons (Fsp3) is 0.316. The molecule has 104 valence electrons. The van der Waals surface area contributed by atoms with Crippen molar-refractivity contribution in [2.45, 2.75) is 39.5 Å². The lowest BCUT2D eigenvalue weighted by atomic mass is 9.84. The molecule has 1 atom stereocenters. The molecule has 1 heteroatoms. The van der Waals surface area contributed by atoms with Crippen LogP contribution in [-0.2, 0) is 0 Å². The molecule has 0 aliphatic carbocycles. The topological polar surface area (TPSA) is 17.1 Å². The molecule has 0 aliphatic rings. The Balaban J connectivity index is 2.24. The predicted octanol–water partition coefficient (Wildman–Crippen LogP) is 5.07. The van der Waals surface area contributed by atoms with E-state index in [2.05, 4.69) is 39.0 Å². The van der Waals surface area contributed by atoms with Crippen molar-refractivity contribution in [3.8, 4) is 0 Å². The van der Waals surface area contributed by atoms with Gasteiger partial charge in [0.1, 0.15) is 0 Å². The highest BCUT2D eigenvalue weighted by Gasteiger charge is 2.18. The zero-order valence-corrected chi connectivity index (χ0v) is 12.5. The van der Waals surface area contributed by atoms with Crippen molar-refractivity contribution in [1.82, 2.24) is 0 Å². The summed E-state index contributed by atoms with van der Waals surface area (Å²) in [6.07, 6.45) is 1.58. The summed E-state index contributed by atoms with van der Waals surface area (Å²) < 4.78 is 0. The van der Waals surface area contributed by atoms with Crippen LogP contribution in [0.3, 0.4) is 0 Å². The second-order valence-electron chi connectivity index (χ2n) is 5.40. The van der Waals surface area contributed by atoms with Gasteiger partial charge in [-0.3, -0.25) is 4.79 Å². The molecule has 0 saturated carbocycles. The lowest BCUT2D eigenvalue weighted by molar-refractivity contribution is 0.0973. The van der Waals surface area contributed by atoms with Gasteiger partial charge in [-0.05, 0) is 42.9 Å². The van der Waals surface area contributed by atoms with E-state index in [0.29, 0.717) is 12.3 Å². The molecule has 0 saturated heterocycles. The van der Waals surface area contributed by atoms with E-state index in [0.717, 1.165) is 12.0 Å². The molecular weight excluding hydrogens is 244 g/mol. The van der Waals surface area contributed by atoms with Crippen molar-refractivity contribution in [1.29, 1.82) is 0 Å².